The molecule has 6 nitrogen and oxygen atoms in total. The maximum Gasteiger partial charge on any atom is 0.145 e. The molecule has 0 radical (unpaired) electrons. The Morgan fingerprint density at radius 2 is 2.50 bits per heavy atom. The third-order valence-corrected chi connectivity index (χ3v) is 2.87. The van der Waals surface area contributed by atoms with Crippen molar-refractivity contribution in [2.45, 2.75) is 12.5 Å². The molecule has 2 rings (SSSR count). The molecule has 1 aliphatic rings. The van der Waals surface area contributed by atoms with Gasteiger partial charge in [-0.05, 0) is 7.05 Å². The Balaban J connectivity index is 1.97. The molecule has 1 fully saturated rings. The summed E-state index contributed by atoms with van der Waals surface area (Å²) in [6.07, 6.45) is 2.10. The van der Waals surface area contributed by atoms with Crippen LogP contribution in [0.2, 0.25) is 0 Å². The third-order valence-electron chi connectivity index (χ3n) is 2.87. The molecule has 2 atom stereocenters. The number of aryl methyl sites for hydroxylation is 1. The van der Waals surface area contributed by atoms with E-state index in [0.717, 1.165) is 0 Å². The van der Waals surface area contributed by atoms with Crippen molar-refractivity contribution in [2.75, 3.05) is 20.3 Å². The minimum absolute atomic E-state index is 0.0630. The van der Waals surface area contributed by atoms with Gasteiger partial charge in [0.1, 0.15) is 5.78 Å². The van der Waals surface area contributed by atoms with Gasteiger partial charge in [-0.15, -0.1) is 5.10 Å². The Labute approximate surface area is 94.0 Å². The largest absolute Gasteiger partial charge is 0.379 e. The van der Waals surface area contributed by atoms with Crippen LogP contribution in [0, 0.1) is 5.92 Å². The van der Waals surface area contributed by atoms with Crippen molar-refractivity contribution in [1.29, 1.82) is 0 Å². The van der Waals surface area contributed by atoms with E-state index in [-0.39, 0.29) is 17.7 Å². The number of hydrogen-bond acceptors (Lipinski definition) is 5. The SMILES string of the molecule is CNC1COCC1C(=O)Cc1cn(C)nn1. The predicted octanol–water partition coefficient (Wildman–Crippen LogP) is -0.839. The van der Waals surface area contributed by atoms with Crippen molar-refractivity contribution in [3.8, 4) is 0 Å². The molecular formula is C10H16N4O2. The first-order chi connectivity index (χ1) is 7.70. The van der Waals surface area contributed by atoms with Crippen LogP contribution in [0.1, 0.15) is 5.69 Å². The molecule has 0 aliphatic carbocycles. The number of rotatable bonds is 4. The van der Waals surface area contributed by atoms with Gasteiger partial charge in [-0.2, -0.15) is 0 Å². The molecule has 88 valence electrons. The average Bonchev–Trinajstić information content (AvgIpc) is 2.86. The van der Waals surface area contributed by atoms with Gasteiger partial charge in [0.15, 0.2) is 0 Å². The highest BCUT2D eigenvalue weighted by Crippen LogP contribution is 2.16. The summed E-state index contributed by atoms with van der Waals surface area (Å²) in [7, 11) is 3.64. The molecule has 16 heavy (non-hydrogen) atoms. The van der Waals surface area contributed by atoms with Crippen LogP contribution in [0.4, 0.5) is 0 Å². The van der Waals surface area contributed by atoms with E-state index in [4.69, 9.17) is 4.74 Å². The minimum Gasteiger partial charge on any atom is -0.379 e. The summed E-state index contributed by atoms with van der Waals surface area (Å²) in [5.41, 5.74) is 0.717. The summed E-state index contributed by atoms with van der Waals surface area (Å²) >= 11 is 0. The number of Topliss-reactive ketones (excluding diaryl/α,β-unsaturated/α-hetero) is 1. The number of hydrogen-bond donors (Lipinski definition) is 1. The zero-order valence-corrected chi connectivity index (χ0v) is 9.51. The lowest BCUT2D eigenvalue weighted by atomic mass is 9.96. The zero-order chi connectivity index (χ0) is 11.5. The van der Waals surface area contributed by atoms with Crippen LogP contribution in [-0.4, -0.2) is 47.1 Å². The smallest absolute Gasteiger partial charge is 0.145 e. The van der Waals surface area contributed by atoms with E-state index in [1.165, 1.54) is 0 Å². The molecule has 0 saturated carbocycles. The number of ether oxygens (including phenoxy) is 1. The first kappa shape index (κ1) is 11.2. The van der Waals surface area contributed by atoms with Gasteiger partial charge in [0, 0.05) is 19.3 Å². The fourth-order valence-electron chi connectivity index (χ4n) is 1.94. The summed E-state index contributed by atoms with van der Waals surface area (Å²) in [6, 6.07) is 0.129. The first-order valence-electron chi connectivity index (χ1n) is 5.33. The Morgan fingerprint density at radius 1 is 1.69 bits per heavy atom. The molecule has 2 unspecified atom stereocenters. The quantitative estimate of drug-likeness (QED) is 0.722. The highest BCUT2D eigenvalue weighted by atomic mass is 16.5. The minimum atomic E-state index is -0.0630. The van der Waals surface area contributed by atoms with Gasteiger partial charge in [0.25, 0.3) is 0 Å². The molecule has 1 aromatic heterocycles. The number of carbonyl (C=O) groups excluding carboxylic acids is 1. The van der Waals surface area contributed by atoms with Crippen molar-refractivity contribution in [3.63, 3.8) is 0 Å². The summed E-state index contributed by atoms with van der Waals surface area (Å²) in [4.78, 5) is 12.0. The van der Waals surface area contributed by atoms with Gasteiger partial charge in [-0.3, -0.25) is 9.48 Å². The summed E-state index contributed by atoms with van der Waals surface area (Å²) < 4.78 is 6.90. The van der Waals surface area contributed by atoms with E-state index < -0.39 is 0 Å². The van der Waals surface area contributed by atoms with Crippen LogP contribution in [-0.2, 0) is 23.0 Å². The van der Waals surface area contributed by atoms with E-state index in [1.807, 2.05) is 7.05 Å². The topological polar surface area (TPSA) is 69.0 Å². The highest BCUT2D eigenvalue weighted by molar-refractivity contribution is 5.83. The molecular weight excluding hydrogens is 208 g/mol. The van der Waals surface area contributed by atoms with Gasteiger partial charge in [0.05, 0.1) is 31.2 Å². The third kappa shape index (κ3) is 2.28. The molecule has 6 heteroatoms. The van der Waals surface area contributed by atoms with E-state index >= 15 is 0 Å². The molecule has 0 bridgehead atoms. The van der Waals surface area contributed by atoms with E-state index in [0.29, 0.717) is 25.3 Å². The number of likely N-dealkylation sites (N-methyl/N-ethyl adjacent to an activating group) is 1. The number of ketones is 1. The number of aromatic nitrogens is 3. The lowest BCUT2D eigenvalue weighted by Gasteiger charge is -2.14. The second-order valence-corrected chi connectivity index (χ2v) is 4.07. The maximum absolute atomic E-state index is 12.0. The molecule has 0 spiro atoms. The second kappa shape index (κ2) is 4.71. The fourth-order valence-corrected chi connectivity index (χ4v) is 1.94. The molecule has 0 amide bonds. The molecule has 1 aliphatic heterocycles. The Morgan fingerprint density at radius 3 is 3.12 bits per heavy atom. The molecule has 2 heterocycles. The zero-order valence-electron chi connectivity index (χ0n) is 9.51. The molecule has 0 aromatic carbocycles. The maximum atomic E-state index is 12.0. The summed E-state index contributed by atoms with van der Waals surface area (Å²) in [6.45, 7) is 1.11. The second-order valence-electron chi connectivity index (χ2n) is 4.07. The van der Waals surface area contributed by atoms with Crippen molar-refractivity contribution < 1.29 is 9.53 Å². The van der Waals surface area contributed by atoms with Crippen molar-refractivity contribution in [3.05, 3.63) is 11.9 Å². The van der Waals surface area contributed by atoms with E-state index in [1.54, 1.807) is 17.9 Å². The Kier molecular flexibility index (Phi) is 3.31. The van der Waals surface area contributed by atoms with E-state index in [9.17, 15) is 4.79 Å². The van der Waals surface area contributed by atoms with Gasteiger partial charge < -0.3 is 10.1 Å². The van der Waals surface area contributed by atoms with Crippen LogP contribution in [0.5, 0.6) is 0 Å². The lowest BCUT2D eigenvalue weighted by molar-refractivity contribution is -0.122. The lowest BCUT2D eigenvalue weighted by Crippen LogP contribution is -2.37. The molecule has 1 saturated heterocycles. The fraction of sp³-hybridized carbons (Fsp3) is 0.700. The van der Waals surface area contributed by atoms with Crippen LogP contribution in [0.3, 0.4) is 0 Å². The monoisotopic (exact) mass is 224 g/mol. The van der Waals surface area contributed by atoms with Crippen molar-refractivity contribution in [2.24, 2.45) is 13.0 Å². The van der Waals surface area contributed by atoms with Crippen LogP contribution in [0.15, 0.2) is 6.20 Å². The van der Waals surface area contributed by atoms with Gasteiger partial charge in [-0.1, -0.05) is 5.21 Å². The Hall–Kier alpha value is -1.27. The number of nitrogens with zero attached hydrogens (tertiary/aromatic N) is 3. The van der Waals surface area contributed by atoms with Gasteiger partial charge in [-0.25, -0.2) is 0 Å². The van der Waals surface area contributed by atoms with Crippen molar-refractivity contribution >= 4 is 5.78 Å². The number of carbonyl (C=O) groups is 1. The normalized spacial score (nSPS) is 24.9. The Bertz CT molecular complexity index is 377. The van der Waals surface area contributed by atoms with Crippen LogP contribution < -0.4 is 5.32 Å². The van der Waals surface area contributed by atoms with Crippen molar-refractivity contribution in [1.82, 2.24) is 20.3 Å². The average molecular weight is 224 g/mol. The number of nitrogens with one attached hydrogen (secondary N) is 1. The highest BCUT2D eigenvalue weighted by Gasteiger charge is 2.32. The van der Waals surface area contributed by atoms with Crippen LogP contribution in [0.25, 0.3) is 0 Å². The van der Waals surface area contributed by atoms with Gasteiger partial charge in [0.2, 0.25) is 0 Å². The van der Waals surface area contributed by atoms with Crippen LogP contribution >= 0.6 is 0 Å². The standard InChI is InChI=1S/C10H16N4O2/c1-11-9-6-16-5-8(9)10(15)3-7-4-14(2)13-12-7/h4,8-9,11H,3,5-6H2,1-2H3. The summed E-state index contributed by atoms with van der Waals surface area (Å²) in [5.74, 6) is 0.101. The first-order valence-corrected chi connectivity index (χ1v) is 5.33. The van der Waals surface area contributed by atoms with Gasteiger partial charge >= 0.3 is 0 Å². The molecule has 1 aromatic rings. The van der Waals surface area contributed by atoms with E-state index in [2.05, 4.69) is 15.6 Å². The summed E-state index contributed by atoms with van der Waals surface area (Å²) in [5, 5.41) is 10.8. The predicted molar refractivity (Wildman–Crippen MR) is 56.9 cm³/mol. The molecule has 1 N–H and O–H groups in total.